The zero-order valence-corrected chi connectivity index (χ0v) is 13.7. The van der Waals surface area contributed by atoms with E-state index in [1.807, 2.05) is 6.92 Å². The monoisotopic (exact) mass is 351 g/mol. The number of nitrogens with one attached hydrogen (secondary N) is 1. The van der Waals surface area contributed by atoms with Crippen molar-refractivity contribution in [3.05, 3.63) is 39.4 Å². The van der Waals surface area contributed by atoms with Gasteiger partial charge < -0.3 is 14.6 Å². The molecule has 0 aliphatic heterocycles. The maximum absolute atomic E-state index is 5.93. The van der Waals surface area contributed by atoms with Crippen molar-refractivity contribution >= 4 is 15.9 Å². The van der Waals surface area contributed by atoms with E-state index in [-0.39, 0.29) is 0 Å². The average Bonchev–Trinajstić information content (AvgIpc) is 3.17. The number of halogens is 1. The Kier molecular flexibility index (Phi) is 4.26. The van der Waals surface area contributed by atoms with Gasteiger partial charge in [-0.15, -0.1) is 0 Å². The summed E-state index contributed by atoms with van der Waals surface area (Å²) in [4.78, 5) is 4.16. The first kappa shape index (κ1) is 14.5. The number of hydrogen-bond acceptors (Lipinski definition) is 5. The predicted molar refractivity (Wildman–Crippen MR) is 82.1 cm³/mol. The lowest BCUT2D eigenvalue weighted by atomic mass is 10.1. The molecule has 1 heterocycles. The summed E-state index contributed by atoms with van der Waals surface area (Å²) in [6, 6.07) is 4.81. The standard InChI is InChI=1S/C15H18BrN3O2/c1-9-5-12(16)6-11(7-17-13-3-4-13)15(9)20-8-14-18-10(2)21-19-14/h5-6,13,17H,3-4,7-8H2,1-2H3. The van der Waals surface area contributed by atoms with Crippen LogP contribution in [0.1, 0.15) is 35.7 Å². The van der Waals surface area contributed by atoms with Crippen LogP contribution in [0.2, 0.25) is 0 Å². The van der Waals surface area contributed by atoms with Gasteiger partial charge >= 0.3 is 0 Å². The van der Waals surface area contributed by atoms with Gasteiger partial charge in [0, 0.05) is 29.5 Å². The minimum Gasteiger partial charge on any atom is -0.485 e. The predicted octanol–water partition coefficient (Wildman–Crippen LogP) is 3.28. The fourth-order valence-electron chi connectivity index (χ4n) is 2.22. The summed E-state index contributed by atoms with van der Waals surface area (Å²) in [5.41, 5.74) is 2.24. The summed E-state index contributed by atoms with van der Waals surface area (Å²) in [5, 5.41) is 7.38. The summed E-state index contributed by atoms with van der Waals surface area (Å²) in [6.45, 7) is 4.94. The first-order valence-electron chi connectivity index (χ1n) is 7.06. The summed E-state index contributed by atoms with van der Waals surface area (Å²) < 4.78 is 12.0. The summed E-state index contributed by atoms with van der Waals surface area (Å²) in [6.07, 6.45) is 2.54. The minimum atomic E-state index is 0.316. The van der Waals surface area contributed by atoms with Gasteiger partial charge in [0.15, 0.2) is 6.61 Å². The maximum atomic E-state index is 5.93. The molecule has 1 saturated carbocycles. The second-order valence-corrected chi connectivity index (χ2v) is 6.30. The Labute approximate surface area is 132 Å². The van der Waals surface area contributed by atoms with Gasteiger partial charge in [-0.05, 0) is 37.5 Å². The van der Waals surface area contributed by atoms with Crippen molar-refractivity contribution in [2.24, 2.45) is 0 Å². The lowest BCUT2D eigenvalue weighted by Crippen LogP contribution is -2.16. The van der Waals surface area contributed by atoms with E-state index >= 15 is 0 Å². The van der Waals surface area contributed by atoms with Crippen LogP contribution in [0.4, 0.5) is 0 Å². The maximum Gasteiger partial charge on any atom is 0.223 e. The normalized spacial score (nSPS) is 14.4. The van der Waals surface area contributed by atoms with E-state index < -0.39 is 0 Å². The molecule has 1 fully saturated rings. The third-order valence-electron chi connectivity index (χ3n) is 3.39. The first-order valence-corrected chi connectivity index (χ1v) is 7.85. The number of aryl methyl sites for hydroxylation is 2. The highest BCUT2D eigenvalue weighted by Crippen LogP contribution is 2.30. The highest BCUT2D eigenvalue weighted by atomic mass is 79.9. The van der Waals surface area contributed by atoms with Crippen LogP contribution >= 0.6 is 15.9 Å². The van der Waals surface area contributed by atoms with Crippen LogP contribution < -0.4 is 10.1 Å². The lowest BCUT2D eigenvalue weighted by molar-refractivity contribution is 0.280. The molecule has 5 nitrogen and oxygen atoms in total. The van der Waals surface area contributed by atoms with E-state index in [9.17, 15) is 0 Å². The molecule has 1 aromatic heterocycles. The van der Waals surface area contributed by atoms with E-state index in [0.717, 1.165) is 27.9 Å². The number of nitrogens with zero attached hydrogens (tertiary/aromatic N) is 2. The molecule has 1 aliphatic carbocycles. The Bertz CT molecular complexity index is 638. The van der Waals surface area contributed by atoms with Crippen LogP contribution in [-0.4, -0.2) is 16.2 Å². The van der Waals surface area contributed by atoms with Gasteiger partial charge in [0.1, 0.15) is 5.75 Å². The van der Waals surface area contributed by atoms with Crippen molar-refractivity contribution in [2.45, 2.75) is 45.9 Å². The zero-order valence-electron chi connectivity index (χ0n) is 12.1. The smallest absolute Gasteiger partial charge is 0.223 e. The van der Waals surface area contributed by atoms with Gasteiger partial charge in [0.05, 0.1) is 0 Å². The SMILES string of the molecule is Cc1nc(COc2c(C)cc(Br)cc2CNC2CC2)no1. The van der Waals surface area contributed by atoms with Crippen LogP contribution in [0, 0.1) is 13.8 Å². The number of hydrogen-bond donors (Lipinski definition) is 1. The Hall–Kier alpha value is -1.40. The number of benzene rings is 1. The van der Waals surface area contributed by atoms with Gasteiger partial charge in [-0.25, -0.2) is 0 Å². The minimum absolute atomic E-state index is 0.316. The number of ether oxygens (including phenoxy) is 1. The molecule has 0 radical (unpaired) electrons. The molecule has 1 aliphatic rings. The fourth-order valence-corrected chi connectivity index (χ4v) is 2.84. The van der Waals surface area contributed by atoms with Crippen molar-refractivity contribution < 1.29 is 9.26 Å². The van der Waals surface area contributed by atoms with Crippen LogP contribution in [0.15, 0.2) is 21.1 Å². The van der Waals surface area contributed by atoms with Crippen LogP contribution in [0.3, 0.4) is 0 Å². The van der Waals surface area contributed by atoms with Gasteiger partial charge in [-0.2, -0.15) is 4.98 Å². The molecule has 0 spiro atoms. The van der Waals surface area contributed by atoms with Crippen molar-refractivity contribution in [1.29, 1.82) is 0 Å². The largest absolute Gasteiger partial charge is 0.485 e. The first-order chi connectivity index (χ1) is 10.1. The third-order valence-corrected chi connectivity index (χ3v) is 3.85. The topological polar surface area (TPSA) is 60.2 Å². The molecular weight excluding hydrogens is 334 g/mol. The molecule has 0 bridgehead atoms. The van der Waals surface area contributed by atoms with E-state index in [2.05, 4.69) is 43.5 Å². The second-order valence-electron chi connectivity index (χ2n) is 5.38. The van der Waals surface area contributed by atoms with Crippen molar-refractivity contribution in [2.75, 3.05) is 0 Å². The molecule has 1 N–H and O–H groups in total. The molecule has 21 heavy (non-hydrogen) atoms. The highest BCUT2D eigenvalue weighted by Gasteiger charge is 2.21. The molecule has 6 heteroatoms. The highest BCUT2D eigenvalue weighted by molar-refractivity contribution is 9.10. The molecule has 0 amide bonds. The van der Waals surface area contributed by atoms with Crippen LogP contribution in [-0.2, 0) is 13.2 Å². The Balaban J connectivity index is 1.74. The van der Waals surface area contributed by atoms with E-state index in [0.29, 0.717) is 24.4 Å². The molecule has 0 unspecified atom stereocenters. The average molecular weight is 352 g/mol. The van der Waals surface area contributed by atoms with Crippen molar-refractivity contribution in [3.8, 4) is 5.75 Å². The summed E-state index contributed by atoms with van der Waals surface area (Å²) in [7, 11) is 0. The summed E-state index contributed by atoms with van der Waals surface area (Å²) >= 11 is 3.55. The van der Waals surface area contributed by atoms with E-state index in [1.165, 1.54) is 12.8 Å². The molecule has 2 aromatic rings. The van der Waals surface area contributed by atoms with Crippen LogP contribution in [0.25, 0.3) is 0 Å². The van der Waals surface area contributed by atoms with Gasteiger partial charge in [0.25, 0.3) is 0 Å². The second kappa shape index (κ2) is 6.15. The van der Waals surface area contributed by atoms with Gasteiger partial charge in [-0.3, -0.25) is 0 Å². The quantitative estimate of drug-likeness (QED) is 0.865. The third kappa shape index (κ3) is 3.83. The van der Waals surface area contributed by atoms with E-state index in [1.54, 1.807) is 6.92 Å². The fraction of sp³-hybridized carbons (Fsp3) is 0.467. The zero-order chi connectivity index (χ0) is 14.8. The number of aromatic nitrogens is 2. The van der Waals surface area contributed by atoms with Crippen molar-refractivity contribution in [1.82, 2.24) is 15.5 Å². The van der Waals surface area contributed by atoms with E-state index in [4.69, 9.17) is 9.26 Å². The Morgan fingerprint density at radius 3 is 2.86 bits per heavy atom. The lowest BCUT2D eigenvalue weighted by Gasteiger charge is -2.14. The molecule has 0 saturated heterocycles. The van der Waals surface area contributed by atoms with Gasteiger partial charge in [0.2, 0.25) is 11.7 Å². The molecule has 1 aromatic carbocycles. The number of rotatable bonds is 6. The Morgan fingerprint density at radius 1 is 1.38 bits per heavy atom. The van der Waals surface area contributed by atoms with Crippen LogP contribution in [0.5, 0.6) is 5.75 Å². The molecule has 0 atom stereocenters. The molecule has 112 valence electrons. The van der Waals surface area contributed by atoms with Crippen molar-refractivity contribution in [3.63, 3.8) is 0 Å². The molecular formula is C15H18BrN3O2. The van der Waals surface area contributed by atoms with Gasteiger partial charge in [-0.1, -0.05) is 21.1 Å². The molecule has 3 rings (SSSR count). The summed E-state index contributed by atoms with van der Waals surface area (Å²) in [5.74, 6) is 2.02. The Morgan fingerprint density at radius 2 is 2.19 bits per heavy atom.